The molecule has 0 saturated heterocycles. The SMILES string of the molecule is O=P(O)(O)O.O=P(O)(O)O.OCC(O)C(O)C(O)C(O)CO. The fraction of sp³-hybridized carbons (Fsp3) is 1.00. The lowest BCUT2D eigenvalue weighted by molar-refractivity contribution is -0.123. The van der Waals surface area contributed by atoms with Gasteiger partial charge in [0.15, 0.2) is 0 Å². The number of hydrogen-bond donors (Lipinski definition) is 12. The molecule has 0 saturated carbocycles. The van der Waals surface area contributed by atoms with Crippen LogP contribution in [0, 0.1) is 0 Å². The van der Waals surface area contributed by atoms with Gasteiger partial charge >= 0.3 is 15.6 Å². The molecular weight excluding hydrogens is 358 g/mol. The highest BCUT2D eigenvalue weighted by molar-refractivity contribution is 7.45. The van der Waals surface area contributed by atoms with Gasteiger partial charge in [0.05, 0.1) is 13.2 Å². The van der Waals surface area contributed by atoms with Crippen molar-refractivity contribution in [3.63, 3.8) is 0 Å². The van der Waals surface area contributed by atoms with Gasteiger partial charge in [0.25, 0.3) is 0 Å². The molecule has 4 unspecified atom stereocenters. The largest absolute Gasteiger partial charge is 0.466 e. The average molecular weight is 378 g/mol. The summed E-state index contributed by atoms with van der Waals surface area (Å²) < 4.78 is 17.8. The molecule has 0 aromatic rings. The van der Waals surface area contributed by atoms with E-state index in [1.54, 1.807) is 0 Å². The number of hydrogen-bond acceptors (Lipinski definition) is 8. The third-order valence-electron chi connectivity index (χ3n) is 1.51. The molecule has 0 bridgehead atoms. The smallest absolute Gasteiger partial charge is 0.394 e. The second-order valence-electron chi connectivity index (χ2n) is 3.51. The Kier molecular flexibility index (Phi) is 15.1. The zero-order valence-corrected chi connectivity index (χ0v) is 12.6. The van der Waals surface area contributed by atoms with Gasteiger partial charge in [0.2, 0.25) is 0 Å². The van der Waals surface area contributed by atoms with E-state index in [0.717, 1.165) is 0 Å². The predicted molar refractivity (Wildman–Crippen MR) is 66.7 cm³/mol. The van der Waals surface area contributed by atoms with E-state index in [9.17, 15) is 0 Å². The van der Waals surface area contributed by atoms with E-state index in [2.05, 4.69) is 0 Å². The molecule has 0 aromatic heterocycles. The molecule has 4 atom stereocenters. The summed E-state index contributed by atoms with van der Waals surface area (Å²) in [4.78, 5) is 43.1. The summed E-state index contributed by atoms with van der Waals surface area (Å²) in [6.07, 6.45) is -6.39. The summed E-state index contributed by atoms with van der Waals surface area (Å²) in [6.45, 7) is -1.45. The van der Waals surface area contributed by atoms with Crippen LogP contribution in [0.3, 0.4) is 0 Å². The molecule has 0 spiro atoms. The Hall–Kier alpha value is -0.0200. The van der Waals surface area contributed by atoms with E-state index in [-0.39, 0.29) is 0 Å². The summed E-state index contributed by atoms with van der Waals surface area (Å²) in [6, 6.07) is 0. The molecule has 0 aromatic carbocycles. The highest BCUT2D eigenvalue weighted by Gasteiger charge is 2.29. The third-order valence-corrected chi connectivity index (χ3v) is 1.51. The second-order valence-corrected chi connectivity index (χ2v) is 5.56. The van der Waals surface area contributed by atoms with Crippen LogP contribution in [-0.2, 0) is 9.13 Å². The summed E-state index contributed by atoms with van der Waals surface area (Å²) in [5.74, 6) is 0. The molecule has 138 valence electrons. The molecule has 0 aliphatic rings. The van der Waals surface area contributed by atoms with Gasteiger partial charge < -0.3 is 60.0 Å². The van der Waals surface area contributed by atoms with Crippen molar-refractivity contribution in [3.8, 4) is 0 Å². The first-order chi connectivity index (χ1) is 9.54. The Labute approximate surface area is 123 Å². The minimum atomic E-state index is -4.64. The quantitative estimate of drug-likeness (QED) is 0.199. The van der Waals surface area contributed by atoms with Gasteiger partial charge in [-0.25, -0.2) is 9.13 Å². The highest BCUT2D eigenvalue weighted by atomic mass is 31.2. The normalized spacial score (nSPS) is 17.1. The van der Waals surface area contributed by atoms with E-state index in [4.69, 9.17) is 69.1 Å². The summed E-state index contributed by atoms with van der Waals surface area (Å²) >= 11 is 0. The van der Waals surface area contributed by atoms with E-state index in [1.807, 2.05) is 0 Å². The highest BCUT2D eigenvalue weighted by Crippen LogP contribution is 2.26. The maximum Gasteiger partial charge on any atom is 0.466 e. The van der Waals surface area contributed by atoms with Gasteiger partial charge in [-0.15, -0.1) is 0 Å². The first-order valence-corrected chi connectivity index (χ1v) is 8.18. The van der Waals surface area contributed by atoms with Crippen molar-refractivity contribution in [2.45, 2.75) is 24.4 Å². The molecule has 12 N–H and O–H groups in total. The van der Waals surface area contributed by atoms with Gasteiger partial charge in [-0.1, -0.05) is 0 Å². The van der Waals surface area contributed by atoms with Crippen LogP contribution in [0.1, 0.15) is 0 Å². The lowest BCUT2D eigenvalue weighted by atomic mass is 10.0. The van der Waals surface area contributed by atoms with E-state index < -0.39 is 53.3 Å². The number of phosphoric acid groups is 2. The molecule has 14 nitrogen and oxygen atoms in total. The Morgan fingerprint density at radius 3 is 0.818 bits per heavy atom. The van der Waals surface area contributed by atoms with E-state index in [0.29, 0.717) is 0 Å². The minimum absolute atomic E-state index is 0.726. The first-order valence-electron chi connectivity index (χ1n) is 5.05. The summed E-state index contributed by atoms with van der Waals surface area (Å²) in [5.41, 5.74) is 0. The molecule has 0 radical (unpaired) electrons. The number of aliphatic hydroxyl groups excluding tert-OH is 6. The summed E-state index contributed by atoms with van der Waals surface area (Å²) in [7, 11) is -9.28. The van der Waals surface area contributed by atoms with Crippen LogP contribution in [-0.4, -0.2) is 97.6 Å². The van der Waals surface area contributed by atoms with Crippen molar-refractivity contribution in [3.05, 3.63) is 0 Å². The minimum Gasteiger partial charge on any atom is -0.394 e. The number of aliphatic hydroxyl groups is 6. The maximum absolute atomic E-state index is 8.96. The fourth-order valence-corrected chi connectivity index (χ4v) is 0.671. The topological polar surface area (TPSA) is 277 Å². The molecule has 0 aliphatic carbocycles. The van der Waals surface area contributed by atoms with Crippen molar-refractivity contribution < 1.29 is 69.1 Å². The molecule has 0 rings (SSSR count). The van der Waals surface area contributed by atoms with Crippen LogP contribution in [0.2, 0.25) is 0 Å². The molecule has 22 heavy (non-hydrogen) atoms. The van der Waals surface area contributed by atoms with Gasteiger partial charge in [0, 0.05) is 0 Å². The predicted octanol–water partition coefficient (Wildman–Crippen LogP) is -5.44. The first kappa shape index (κ1) is 26.9. The standard InChI is InChI=1S/C6H14O6.2H3O4P/c7-1-3(9)5(11)6(12)4(10)2-8;2*1-5(2,3)4/h3-12H,1-2H2;2*(H3,1,2,3,4). The molecule has 0 heterocycles. The third kappa shape index (κ3) is 28.2. The molecule has 0 amide bonds. The Morgan fingerprint density at radius 1 is 0.591 bits per heavy atom. The van der Waals surface area contributed by atoms with E-state index in [1.165, 1.54) is 0 Å². The second kappa shape index (κ2) is 12.4. The van der Waals surface area contributed by atoms with Crippen molar-refractivity contribution in [1.82, 2.24) is 0 Å². The van der Waals surface area contributed by atoms with Gasteiger partial charge in [-0.05, 0) is 0 Å². The van der Waals surface area contributed by atoms with Crippen LogP contribution in [0.25, 0.3) is 0 Å². The van der Waals surface area contributed by atoms with Crippen LogP contribution in [0.15, 0.2) is 0 Å². The van der Waals surface area contributed by atoms with Crippen LogP contribution < -0.4 is 0 Å². The van der Waals surface area contributed by atoms with Gasteiger partial charge in [-0.3, -0.25) is 0 Å². The molecule has 0 aliphatic heterocycles. The van der Waals surface area contributed by atoms with Gasteiger partial charge in [0.1, 0.15) is 24.4 Å². The molecule has 16 heteroatoms. The maximum atomic E-state index is 8.96. The molecule has 0 fully saturated rings. The lowest BCUT2D eigenvalue weighted by Gasteiger charge is -2.24. The Morgan fingerprint density at radius 2 is 0.727 bits per heavy atom. The van der Waals surface area contributed by atoms with Gasteiger partial charge in [-0.2, -0.15) is 0 Å². The van der Waals surface area contributed by atoms with Crippen molar-refractivity contribution in [1.29, 1.82) is 0 Å². The number of rotatable bonds is 5. The Bertz CT molecular complexity index is 299. The fourth-order valence-electron chi connectivity index (χ4n) is 0.671. The van der Waals surface area contributed by atoms with Crippen molar-refractivity contribution in [2.24, 2.45) is 0 Å². The Balaban J connectivity index is -0.000000298. The zero-order valence-electron chi connectivity index (χ0n) is 10.8. The molecular formula is C6H20O14P2. The van der Waals surface area contributed by atoms with Crippen LogP contribution in [0.5, 0.6) is 0 Å². The van der Waals surface area contributed by atoms with Crippen LogP contribution >= 0.6 is 15.6 Å². The van der Waals surface area contributed by atoms with Crippen molar-refractivity contribution in [2.75, 3.05) is 13.2 Å². The van der Waals surface area contributed by atoms with E-state index >= 15 is 0 Å². The zero-order chi connectivity index (χ0) is 18.7. The summed E-state index contributed by atoms with van der Waals surface area (Å²) in [5, 5.41) is 52.2. The monoisotopic (exact) mass is 378 g/mol. The van der Waals surface area contributed by atoms with Crippen molar-refractivity contribution >= 4 is 15.6 Å². The van der Waals surface area contributed by atoms with Crippen LogP contribution in [0.4, 0.5) is 0 Å². The lowest BCUT2D eigenvalue weighted by Crippen LogP contribution is -2.46. The average Bonchev–Trinajstić information content (AvgIpc) is 2.30.